The van der Waals surface area contributed by atoms with Crippen molar-refractivity contribution >= 4 is 0 Å². The number of hydrogen-bond acceptors (Lipinski definition) is 17. The molecule has 328 valence electrons. The molecule has 0 bridgehead atoms. The molecule has 0 aliphatic carbocycles. The average molecular weight is 811 g/mol. The van der Waals surface area contributed by atoms with Crippen LogP contribution in [0, 0.1) is 0 Å². The van der Waals surface area contributed by atoms with Crippen molar-refractivity contribution in [1.82, 2.24) is 0 Å². The van der Waals surface area contributed by atoms with Gasteiger partial charge in [0.15, 0.2) is 11.5 Å². The highest BCUT2D eigenvalue weighted by Crippen LogP contribution is 2.39. The van der Waals surface area contributed by atoms with Crippen LogP contribution in [0.4, 0.5) is 0 Å². The van der Waals surface area contributed by atoms with E-state index in [-0.39, 0.29) is 26.4 Å². The highest BCUT2D eigenvalue weighted by Gasteiger charge is 2.17. The van der Waals surface area contributed by atoms with Gasteiger partial charge in [0.25, 0.3) is 0 Å². The quantitative estimate of drug-likeness (QED) is 0.0699. The molecule has 1 aromatic carbocycles. The fourth-order valence-electron chi connectivity index (χ4n) is 4.22. The monoisotopic (exact) mass is 810 g/mol. The summed E-state index contributed by atoms with van der Waals surface area (Å²) in [5.41, 5.74) is 0.824. The van der Waals surface area contributed by atoms with E-state index in [1.54, 1.807) is 27.4 Å². The van der Waals surface area contributed by atoms with Gasteiger partial charge in [-0.05, 0) is 17.7 Å². The normalized spacial score (nSPS) is 11.3. The van der Waals surface area contributed by atoms with Crippen LogP contribution in [0.15, 0.2) is 24.8 Å². The van der Waals surface area contributed by atoms with E-state index < -0.39 is 0 Å². The van der Waals surface area contributed by atoms with E-state index in [9.17, 15) is 0 Å². The molecule has 0 heterocycles. The smallest absolute Gasteiger partial charge is 0.203 e. The zero-order chi connectivity index (χ0) is 40.3. The van der Waals surface area contributed by atoms with E-state index >= 15 is 0 Å². The van der Waals surface area contributed by atoms with E-state index in [4.69, 9.17) is 80.5 Å². The van der Waals surface area contributed by atoms with Gasteiger partial charge in [-0.25, -0.2) is 0 Å². The summed E-state index contributed by atoms with van der Waals surface area (Å²) >= 11 is 0. The lowest BCUT2D eigenvalue weighted by atomic mass is 10.2. The van der Waals surface area contributed by atoms with Gasteiger partial charge < -0.3 is 80.5 Å². The maximum absolute atomic E-state index is 6.20. The van der Waals surface area contributed by atoms with Crippen molar-refractivity contribution < 1.29 is 80.5 Å². The minimum Gasteiger partial charge on any atom is -0.487 e. The predicted molar refractivity (Wildman–Crippen MR) is 207 cm³/mol. The zero-order valence-corrected chi connectivity index (χ0v) is 34.2. The number of methoxy groups -OCH3 is 3. The van der Waals surface area contributed by atoms with Crippen molar-refractivity contribution in [1.29, 1.82) is 0 Å². The highest BCUT2D eigenvalue weighted by atomic mass is 16.6. The van der Waals surface area contributed by atoms with Crippen molar-refractivity contribution in [3.63, 3.8) is 0 Å². The Bertz CT molecular complexity index is 931. The highest BCUT2D eigenvalue weighted by molar-refractivity contribution is 5.54. The Balaban J connectivity index is 2.72. The Hall–Kier alpha value is -2.20. The maximum atomic E-state index is 6.20. The average Bonchev–Trinajstić information content (AvgIpc) is 3.21. The van der Waals surface area contributed by atoms with Gasteiger partial charge in [0, 0.05) is 21.3 Å². The molecule has 0 amide bonds. The minimum absolute atomic E-state index is 0.254. The number of hydrogen-bond donors (Lipinski definition) is 0. The lowest BCUT2D eigenvalue weighted by Gasteiger charge is -2.19. The molecular formula is C39H70O17. The summed E-state index contributed by atoms with van der Waals surface area (Å²) in [6.45, 7) is 15.7. The van der Waals surface area contributed by atoms with Crippen LogP contribution in [0.2, 0.25) is 0 Å². The molecule has 56 heavy (non-hydrogen) atoms. The molecule has 0 spiro atoms. The van der Waals surface area contributed by atoms with Gasteiger partial charge in [0.05, 0.1) is 165 Å². The molecule has 1 rings (SSSR count). The van der Waals surface area contributed by atoms with E-state index in [0.29, 0.717) is 176 Å². The SMILES string of the molecule is C=CCOCCOCCOCCOCCOCc1cc(OCCOCCOCCOC)c(OCCOCCOCCOC)c(OCCOCCOCCOC)c1. The summed E-state index contributed by atoms with van der Waals surface area (Å²) in [6, 6.07) is 3.74. The van der Waals surface area contributed by atoms with Gasteiger partial charge >= 0.3 is 0 Å². The third-order valence-electron chi connectivity index (χ3n) is 6.93. The first-order chi connectivity index (χ1) is 27.8. The Morgan fingerprint density at radius 3 is 0.982 bits per heavy atom. The predicted octanol–water partition coefficient (Wildman–Crippen LogP) is 2.63. The molecule has 0 atom stereocenters. The first kappa shape index (κ1) is 51.8. The van der Waals surface area contributed by atoms with Crippen molar-refractivity contribution in [2.24, 2.45) is 0 Å². The molecular weight excluding hydrogens is 740 g/mol. The van der Waals surface area contributed by atoms with E-state index in [0.717, 1.165) is 5.56 Å². The zero-order valence-electron chi connectivity index (χ0n) is 34.2. The summed E-state index contributed by atoms with van der Waals surface area (Å²) in [5, 5.41) is 0. The Morgan fingerprint density at radius 2 is 0.643 bits per heavy atom. The molecule has 0 fully saturated rings. The largest absolute Gasteiger partial charge is 0.487 e. The minimum atomic E-state index is 0.254. The molecule has 0 radical (unpaired) electrons. The van der Waals surface area contributed by atoms with Gasteiger partial charge in [-0.1, -0.05) is 6.08 Å². The maximum Gasteiger partial charge on any atom is 0.203 e. The Labute approximate surface area is 334 Å². The molecule has 0 aliphatic heterocycles. The second-order valence-corrected chi connectivity index (χ2v) is 11.4. The Kier molecular flexibility index (Phi) is 39.2. The molecule has 1 aromatic rings. The fraction of sp³-hybridized carbons (Fsp3) is 0.795. The van der Waals surface area contributed by atoms with Crippen molar-refractivity contribution in [2.45, 2.75) is 6.61 Å². The van der Waals surface area contributed by atoms with Crippen LogP contribution in [0.25, 0.3) is 0 Å². The lowest BCUT2D eigenvalue weighted by Crippen LogP contribution is -2.16. The van der Waals surface area contributed by atoms with Gasteiger partial charge in [0.2, 0.25) is 5.75 Å². The van der Waals surface area contributed by atoms with Gasteiger partial charge in [-0.15, -0.1) is 6.58 Å². The molecule has 0 aromatic heterocycles. The van der Waals surface area contributed by atoms with E-state index in [2.05, 4.69) is 6.58 Å². The van der Waals surface area contributed by atoms with Gasteiger partial charge in [-0.3, -0.25) is 0 Å². The molecule has 0 N–H and O–H groups in total. The summed E-state index contributed by atoms with van der Waals surface area (Å²) in [5.74, 6) is 1.41. The number of ether oxygens (including phenoxy) is 17. The summed E-state index contributed by atoms with van der Waals surface area (Å²) in [4.78, 5) is 0. The second-order valence-electron chi connectivity index (χ2n) is 11.4. The second kappa shape index (κ2) is 42.4. The molecule has 0 saturated heterocycles. The van der Waals surface area contributed by atoms with Crippen LogP contribution in [0.3, 0.4) is 0 Å². The number of rotatable bonds is 46. The van der Waals surface area contributed by atoms with Crippen LogP contribution in [-0.2, 0) is 72.9 Å². The van der Waals surface area contributed by atoms with E-state index in [1.807, 2.05) is 12.1 Å². The van der Waals surface area contributed by atoms with Gasteiger partial charge in [0.1, 0.15) is 19.8 Å². The first-order valence-corrected chi connectivity index (χ1v) is 19.2. The van der Waals surface area contributed by atoms with Crippen LogP contribution in [-0.4, -0.2) is 200 Å². The van der Waals surface area contributed by atoms with Crippen molar-refractivity contribution in [2.75, 3.05) is 200 Å². The fourth-order valence-corrected chi connectivity index (χ4v) is 4.22. The van der Waals surface area contributed by atoms with E-state index in [1.165, 1.54) is 0 Å². The summed E-state index contributed by atoms with van der Waals surface area (Å²) in [7, 11) is 4.90. The Morgan fingerprint density at radius 1 is 0.357 bits per heavy atom. The van der Waals surface area contributed by atoms with Crippen LogP contribution < -0.4 is 14.2 Å². The number of benzene rings is 1. The topological polar surface area (TPSA) is 157 Å². The van der Waals surface area contributed by atoms with Gasteiger partial charge in [-0.2, -0.15) is 0 Å². The first-order valence-electron chi connectivity index (χ1n) is 19.2. The van der Waals surface area contributed by atoms with Crippen molar-refractivity contribution in [3.8, 4) is 17.2 Å². The third kappa shape index (κ3) is 32.8. The van der Waals surface area contributed by atoms with Crippen LogP contribution >= 0.6 is 0 Å². The third-order valence-corrected chi connectivity index (χ3v) is 6.93. The summed E-state index contributed by atoms with van der Waals surface area (Å²) in [6.07, 6.45) is 1.70. The molecule has 0 unspecified atom stereocenters. The molecule has 0 saturated carbocycles. The molecule has 17 heteroatoms. The summed E-state index contributed by atoms with van der Waals surface area (Å²) < 4.78 is 94.9. The standard InChI is InChI=1S/C39H70O17/c1-5-6-43-13-14-47-18-19-48-20-21-49-25-26-53-35-36-33-37(54-30-27-50-22-15-44-10-7-40-2)39(56-32-29-52-24-17-46-12-9-42-4)38(34-36)55-31-28-51-23-16-45-11-8-41-3/h5,33-34H,1,6-32,35H2,2-4H3. The molecule has 17 nitrogen and oxygen atoms in total. The van der Waals surface area contributed by atoms with Crippen LogP contribution in [0.5, 0.6) is 17.2 Å². The van der Waals surface area contributed by atoms with Crippen LogP contribution in [0.1, 0.15) is 5.56 Å². The van der Waals surface area contributed by atoms with Crippen molar-refractivity contribution in [3.05, 3.63) is 30.4 Å². The lowest BCUT2D eigenvalue weighted by molar-refractivity contribution is -0.0110. The molecule has 0 aliphatic rings.